The van der Waals surface area contributed by atoms with E-state index in [4.69, 9.17) is 10.5 Å². The van der Waals surface area contributed by atoms with Gasteiger partial charge in [0.1, 0.15) is 5.75 Å². The lowest BCUT2D eigenvalue weighted by Crippen LogP contribution is -2.38. The molecule has 0 aromatic heterocycles. The third-order valence-corrected chi connectivity index (χ3v) is 3.93. The summed E-state index contributed by atoms with van der Waals surface area (Å²) in [6, 6.07) is 7.07. The van der Waals surface area contributed by atoms with E-state index in [0.717, 1.165) is 13.1 Å². The Morgan fingerprint density at radius 2 is 2.00 bits per heavy atom. The van der Waals surface area contributed by atoms with E-state index in [2.05, 4.69) is 15.2 Å². The monoisotopic (exact) mass is 446 g/mol. The maximum Gasteiger partial charge on any atom is 0.251 e. The molecule has 1 aliphatic heterocycles. The highest BCUT2D eigenvalue weighted by atomic mass is 127. The Labute approximate surface area is 160 Å². The summed E-state index contributed by atoms with van der Waals surface area (Å²) in [5.74, 6) is 1.12. The number of ether oxygens (including phenoxy) is 1. The number of rotatable bonds is 5. The molecule has 1 aromatic carbocycles. The number of nitrogens with one attached hydrogen (secondary N) is 1. The predicted octanol–water partition coefficient (Wildman–Crippen LogP) is 2.23. The third kappa shape index (κ3) is 6.54. The Kier molecular flexibility index (Phi) is 9.51. The molecule has 1 heterocycles. The number of aliphatic imine (C=N–C) groups is 1. The fourth-order valence-electron chi connectivity index (χ4n) is 2.61. The molecule has 0 bridgehead atoms. The molecule has 1 amide bonds. The molecule has 0 atom stereocenters. The van der Waals surface area contributed by atoms with Gasteiger partial charge >= 0.3 is 0 Å². The molecule has 0 aliphatic carbocycles. The number of carbonyl (C=O) groups is 1. The van der Waals surface area contributed by atoms with E-state index in [1.807, 2.05) is 6.07 Å². The van der Waals surface area contributed by atoms with E-state index < -0.39 is 0 Å². The van der Waals surface area contributed by atoms with Crippen LogP contribution in [-0.4, -0.2) is 50.1 Å². The SMILES string of the molecule is COc1cccc(C(=O)NCCN=C(N)N2CCCCCC2)c1.I. The van der Waals surface area contributed by atoms with Gasteiger partial charge in [-0.15, -0.1) is 24.0 Å². The highest BCUT2D eigenvalue weighted by molar-refractivity contribution is 14.0. The van der Waals surface area contributed by atoms with Crippen LogP contribution in [0.2, 0.25) is 0 Å². The van der Waals surface area contributed by atoms with Crippen molar-refractivity contribution in [2.75, 3.05) is 33.3 Å². The second kappa shape index (κ2) is 11.1. The Morgan fingerprint density at radius 1 is 1.29 bits per heavy atom. The molecule has 0 spiro atoms. The molecule has 0 unspecified atom stereocenters. The molecule has 24 heavy (non-hydrogen) atoms. The zero-order chi connectivity index (χ0) is 16.5. The number of hydrogen-bond acceptors (Lipinski definition) is 3. The average Bonchev–Trinajstić information content (AvgIpc) is 2.87. The number of nitrogens with two attached hydrogens (primary N) is 1. The van der Waals surface area contributed by atoms with Crippen molar-refractivity contribution in [1.82, 2.24) is 10.2 Å². The fraction of sp³-hybridized carbons (Fsp3) is 0.529. The van der Waals surface area contributed by atoms with Gasteiger partial charge in [-0.05, 0) is 31.0 Å². The van der Waals surface area contributed by atoms with Crippen molar-refractivity contribution >= 4 is 35.8 Å². The molecular formula is C17H27IN4O2. The number of likely N-dealkylation sites (tertiary alicyclic amines) is 1. The van der Waals surface area contributed by atoms with E-state index in [-0.39, 0.29) is 29.9 Å². The van der Waals surface area contributed by atoms with Gasteiger partial charge in [0, 0.05) is 25.2 Å². The van der Waals surface area contributed by atoms with E-state index >= 15 is 0 Å². The van der Waals surface area contributed by atoms with Gasteiger partial charge in [-0.1, -0.05) is 18.9 Å². The second-order valence-corrected chi connectivity index (χ2v) is 5.63. The normalized spacial score (nSPS) is 15.2. The van der Waals surface area contributed by atoms with E-state index in [0.29, 0.717) is 30.4 Å². The molecule has 3 N–H and O–H groups in total. The van der Waals surface area contributed by atoms with Gasteiger partial charge in [-0.3, -0.25) is 9.79 Å². The number of benzene rings is 1. The van der Waals surface area contributed by atoms with E-state index in [9.17, 15) is 4.79 Å². The molecule has 1 saturated heterocycles. The molecule has 0 saturated carbocycles. The van der Waals surface area contributed by atoms with E-state index in [1.165, 1.54) is 25.7 Å². The zero-order valence-electron chi connectivity index (χ0n) is 14.2. The topological polar surface area (TPSA) is 79.9 Å². The zero-order valence-corrected chi connectivity index (χ0v) is 16.5. The van der Waals surface area contributed by atoms with Crippen molar-refractivity contribution in [3.8, 4) is 5.75 Å². The minimum atomic E-state index is -0.132. The van der Waals surface area contributed by atoms with Crippen LogP contribution in [0.5, 0.6) is 5.75 Å². The highest BCUT2D eigenvalue weighted by Gasteiger charge is 2.10. The van der Waals surface area contributed by atoms with Crippen molar-refractivity contribution < 1.29 is 9.53 Å². The Hall–Kier alpha value is -1.51. The van der Waals surface area contributed by atoms with Gasteiger partial charge in [-0.25, -0.2) is 0 Å². The first kappa shape index (κ1) is 20.5. The van der Waals surface area contributed by atoms with Gasteiger partial charge in [0.15, 0.2) is 5.96 Å². The smallest absolute Gasteiger partial charge is 0.251 e. The fourth-order valence-corrected chi connectivity index (χ4v) is 2.61. The van der Waals surface area contributed by atoms with Crippen LogP contribution in [0.4, 0.5) is 0 Å². The minimum Gasteiger partial charge on any atom is -0.497 e. The van der Waals surface area contributed by atoms with Crippen LogP contribution in [0.3, 0.4) is 0 Å². The summed E-state index contributed by atoms with van der Waals surface area (Å²) in [5, 5.41) is 2.85. The van der Waals surface area contributed by atoms with Crippen molar-refractivity contribution in [3.05, 3.63) is 29.8 Å². The highest BCUT2D eigenvalue weighted by Crippen LogP contribution is 2.12. The largest absolute Gasteiger partial charge is 0.497 e. The molecule has 1 aromatic rings. The first-order valence-corrected chi connectivity index (χ1v) is 8.18. The molecule has 0 radical (unpaired) electrons. The molecule has 1 aliphatic rings. The average molecular weight is 446 g/mol. The Morgan fingerprint density at radius 3 is 2.67 bits per heavy atom. The van der Waals surface area contributed by atoms with Crippen LogP contribution in [-0.2, 0) is 0 Å². The molecule has 7 heteroatoms. The minimum absolute atomic E-state index is 0. The number of guanidine groups is 1. The van der Waals surface area contributed by atoms with Crippen molar-refractivity contribution in [2.45, 2.75) is 25.7 Å². The van der Waals surface area contributed by atoms with Gasteiger partial charge in [0.25, 0.3) is 5.91 Å². The molecule has 134 valence electrons. The molecule has 6 nitrogen and oxygen atoms in total. The summed E-state index contributed by atoms with van der Waals surface area (Å²) in [7, 11) is 1.58. The standard InChI is InChI=1S/C17H26N4O2.HI/c1-23-15-8-6-7-14(13-15)16(22)19-9-10-20-17(18)21-11-4-2-3-5-12-21;/h6-8,13H,2-5,9-12H2,1H3,(H2,18,20)(H,19,22);1H. The molecule has 1 fully saturated rings. The van der Waals surface area contributed by atoms with Gasteiger partial charge < -0.3 is 20.7 Å². The lowest BCUT2D eigenvalue weighted by Gasteiger charge is -2.21. The summed E-state index contributed by atoms with van der Waals surface area (Å²) in [4.78, 5) is 18.6. The number of hydrogen-bond donors (Lipinski definition) is 2. The summed E-state index contributed by atoms with van der Waals surface area (Å²) in [5.41, 5.74) is 6.61. The lowest BCUT2D eigenvalue weighted by molar-refractivity contribution is 0.0954. The third-order valence-electron chi connectivity index (χ3n) is 3.93. The van der Waals surface area contributed by atoms with Gasteiger partial charge in [0.2, 0.25) is 0 Å². The van der Waals surface area contributed by atoms with Gasteiger partial charge in [0.05, 0.1) is 13.7 Å². The van der Waals surface area contributed by atoms with E-state index in [1.54, 1.807) is 25.3 Å². The Bertz CT molecular complexity index is 543. The summed E-state index contributed by atoms with van der Waals surface area (Å²) in [6.07, 6.45) is 4.87. The maximum absolute atomic E-state index is 12.0. The van der Waals surface area contributed by atoms with Crippen LogP contribution in [0.1, 0.15) is 36.0 Å². The summed E-state index contributed by atoms with van der Waals surface area (Å²) >= 11 is 0. The number of amides is 1. The number of halogens is 1. The van der Waals surface area contributed by atoms with Crippen LogP contribution in [0, 0.1) is 0 Å². The molecule has 2 rings (SSSR count). The van der Waals surface area contributed by atoms with Gasteiger partial charge in [-0.2, -0.15) is 0 Å². The summed E-state index contributed by atoms with van der Waals surface area (Å²) in [6.45, 7) is 2.90. The number of carbonyl (C=O) groups excluding carboxylic acids is 1. The maximum atomic E-state index is 12.0. The van der Waals surface area contributed by atoms with Crippen molar-refractivity contribution in [2.24, 2.45) is 10.7 Å². The lowest BCUT2D eigenvalue weighted by atomic mass is 10.2. The number of nitrogens with zero attached hydrogens (tertiary/aromatic N) is 2. The molecular weight excluding hydrogens is 419 g/mol. The predicted molar refractivity (Wildman–Crippen MR) is 107 cm³/mol. The van der Waals surface area contributed by atoms with Crippen LogP contribution < -0.4 is 15.8 Å². The second-order valence-electron chi connectivity index (χ2n) is 5.63. The number of methoxy groups -OCH3 is 1. The first-order valence-electron chi connectivity index (χ1n) is 8.18. The van der Waals surface area contributed by atoms with Crippen LogP contribution in [0.15, 0.2) is 29.3 Å². The van der Waals surface area contributed by atoms with Crippen LogP contribution in [0.25, 0.3) is 0 Å². The van der Waals surface area contributed by atoms with Crippen LogP contribution >= 0.6 is 24.0 Å². The van der Waals surface area contributed by atoms with Crippen molar-refractivity contribution in [1.29, 1.82) is 0 Å². The summed E-state index contributed by atoms with van der Waals surface area (Å²) < 4.78 is 5.12. The quantitative estimate of drug-likeness (QED) is 0.315. The van der Waals surface area contributed by atoms with Crippen molar-refractivity contribution in [3.63, 3.8) is 0 Å². The Balaban J connectivity index is 0.00000288. The first-order chi connectivity index (χ1) is 11.2.